The molecule has 1 amide bonds. The van der Waals surface area contributed by atoms with Crippen LogP contribution in [0.2, 0.25) is 0 Å². The number of amides is 1. The molecule has 5 rings (SSSR count). The number of fused-ring (bicyclic) bond motifs is 3. The van der Waals surface area contributed by atoms with Gasteiger partial charge in [-0.05, 0) is 54.0 Å². The highest BCUT2D eigenvalue weighted by Gasteiger charge is 2.25. The topological polar surface area (TPSA) is 75.1 Å². The fourth-order valence-electron chi connectivity index (χ4n) is 5.20. The summed E-state index contributed by atoms with van der Waals surface area (Å²) in [6.07, 6.45) is 8.66. The number of carbonyl (C=O) groups is 1. The van der Waals surface area contributed by atoms with Crippen LogP contribution in [0.5, 0.6) is 0 Å². The highest BCUT2D eigenvalue weighted by molar-refractivity contribution is 5.92. The molecule has 2 aromatic carbocycles. The van der Waals surface area contributed by atoms with E-state index in [-0.39, 0.29) is 24.8 Å². The lowest BCUT2D eigenvalue weighted by atomic mass is 9.85. The van der Waals surface area contributed by atoms with Gasteiger partial charge in [-0.25, -0.2) is 14.4 Å². The first-order valence-electron chi connectivity index (χ1n) is 12.3. The minimum atomic E-state index is -0.314. The third-order valence-electron chi connectivity index (χ3n) is 7.02. The fraction of sp³-hybridized carbons (Fsp3) is 0.393. The molecule has 176 valence electrons. The van der Waals surface area contributed by atoms with Crippen molar-refractivity contribution in [3.63, 3.8) is 0 Å². The molecular weight excluding hydrogens is 429 g/mol. The van der Waals surface area contributed by atoms with E-state index in [1.807, 2.05) is 12.1 Å². The second-order valence-electron chi connectivity index (χ2n) is 9.52. The van der Waals surface area contributed by atoms with E-state index in [4.69, 9.17) is 9.97 Å². The molecule has 34 heavy (non-hydrogen) atoms. The third kappa shape index (κ3) is 5.02. The molecule has 0 spiro atoms. The second-order valence-corrected chi connectivity index (χ2v) is 9.52. The van der Waals surface area contributed by atoms with E-state index < -0.39 is 0 Å². The van der Waals surface area contributed by atoms with E-state index in [1.165, 1.54) is 49.8 Å². The van der Waals surface area contributed by atoms with Crippen LogP contribution in [-0.4, -0.2) is 21.0 Å². The zero-order valence-electron chi connectivity index (χ0n) is 19.3. The molecule has 0 bridgehead atoms. The quantitative estimate of drug-likeness (QED) is 0.533. The monoisotopic (exact) mass is 459 g/mol. The van der Waals surface area contributed by atoms with Gasteiger partial charge in [0.15, 0.2) is 5.82 Å². The number of aromatic nitrogens is 2. The van der Waals surface area contributed by atoms with E-state index in [9.17, 15) is 14.3 Å². The summed E-state index contributed by atoms with van der Waals surface area (Å²) in [5.74, 6) is 0.626. The molecule has 2 N–H and O–H groups in total. The van der Waals surface area contributed by atoms with E-state index >= 15 is 0 Å². The largest absolute Gasteiger partial charge is 0.392 e. The second kappa shape index (κ2) is 10.0. The summed E-state index contributed by atoms with van der Waals surface area (Å²) in [6.45, 7) is 0.0256. The van der Waals surface area contributed by atoms with Crippen LogP contribution >= 0.6 is 0 Å². The highest BCUT2D eigenvalue weighted by atomic mass is 19.1. The van der Waals surface area contributed by atoms with Gasteiger partial charge in [0.2, 0.25) is 5.91 Å². The van der Waals surface area contributed by atoms with Crippen molar-refractivity contribution >= 4 is 11.7 Å². The van der Waals surface area contributed by atoms with Crippen molar-refractivity contribution in [3.8, 4) is 11.3 Å². The van der Waals surface area contributed by atoms with Crippen LogP contribution in [0.15, 0.2) is 42.5 Å². The Morgan fingerprint density at radius 1 is 1.00 bits per heavy atom. The number of nitrogens with one attached hydrogen (secondary N) is 1. The first-order valence-corrected chi connectivity index (χ1v) is 12.3. The summed E-state index contributed by atoms with van der Waals surface area (Å²) in [7, 11) is 0. The minimum absolute atomic E-state index is 0.0256. The number of hydrogen-bond acceptors (Lipinski definition) is 4. The Balaban J connectivity index is 1.46. The molecule has 0 radical (unpaired) electrons. The molecule has 1 saturated carbocycles. The van der Waals surface area contributed by atoms with E-state index in [0.29, 0.717) is 11.7 Å². The number of aliphatic hydroxyl groups excluding tert-OH is 1. The molecule has 0 atom stereocenters. The number of benzene rings is 2. The van der Waals surface area contributed by atoms with E-state index in [1.54, 1.807) is 12.1 Å². The van der Waals surface area contributed by atoms with Crippen LogP contribution in [0.1, 0.15) is 60.2 Å². The Morgan fingerprint density at radius 3 is 2.53 bits per heavy atom. The Morgan fingerprint density at radius 2 is 1.76 bits per heavy atom. The van der Waals surface area contributed by atoms with Crippen LogP contribution in [0.3, 0.4) is 0 Å². The SMILES string of the molecule is O=C(Cc1ccc(F)cc1)Nc1nc2c(nc1CC1CCCCC1)-c1ccc(CO)cc1CC2. The molecule has 3 aromatic rings. The van der Waals surface area contributed by atoms with Crippen molar-refractivity contribution in [2.45, 2.75) is 64.4 Å². The Kier molecular flexibility index (Phi) is 6.68. The first kappa shape index (κ1) is 22.7. The Labute approximate surface area is 199 Å². The van der Waals surface area contributed by atoms with Crippen molar-refractivity contribution in [3.05, 3.63) is 76.4 Å². The number of nitrogens with zero attached hydrogens (tertiary/aromatic N) is 2. The zero-order chi connectivity index (χ0) is 23.5. The number of rotatable bonds is 6. The molecule has 5 nitrogen and oxygen atoms in total. The number of hydrogen-bond donors (Lipinski definition) is 2. The zero-order valence-corrected chi connectivity index (χ0v) is 19.3. The molecule has 1 heterocycles. The van der Waals surface area contributed by atoms with Gasteiger partial charge >= 0.3 is 0 Å². The number of carbonyl (C=O) groups excluding carboxylic acids is 1. The smallest absolute Gasteiger partial charge is 0.229 e. The predicted octanol–water partition coefficient (Wildman–Crippen LogP) is 5.18. The summed E-state index contributed by atoms with van der Waals surface area (Å²) < 4.78 is 13.2. The lowest BCUT2D eigenvalue weighted by molar-refractivity contribution is -0.115. The number of halogens is 1. The van der Waals surface area contributed by atoms with Crippen LogP contribution in [0.4, 0.5) is 10.2 Å². The van der Waals surface area contributed by atoms with Crippen LogP contribution in [0, 0.1) is 11.7 Å². The molecular formula is C28H30FN3O2. The summed E-state index contributed by atoms with van der Waals surface area (Å²) >= 11 is 0. The van der Waals surface area contributed by atoms with Gasteiger partial charge in [0.05, 0.1) is 30.1 Å². The standard InChI is InChI=1S/C28H30FN3O2/c29-22-10-6-19(7-11-22)16-26(34)32-28-25(15-18-4-2-1-3-5-18)30-27-23-12-8-20(17-33)14-21(23)9-13-24(27)31-28/h6-8,10-12,14,18,33H,1-5,9,13,15-17H2,(H,31,32,34). The molecule has 0 saturated heterocycles. The maximum absolute atomic E-state index is 13.2. The van der Waals surface area contributed by atoms with Gasteiger partial charge in [0, 0.05) is 5.56 Å². The lowest BCUT2D eigenvalue weighted by Gasteiger charge is -2.25. The van der Waals surface area contributed by atoms with Gasteiger partial charge in [-0.15, -0.1) is 0 Å². The van der Waals surface area contributed by atoms with E-state index in [0.717, 1.165) is 53.0 Å². The summed E-state index contributed by atoms with van der Waals surface area (Å²) in [4.78, 5) is 22.9. The summed E-state index contributed by atoms with van der Waals surface area (Å²) in [5.41, 5.74) is 6.55. The minimum Gasteiger partial charge on any atom is -0.392 e. The van der Waals surface area contributed by atoms with Crippen LogP contribution in [-0.2, 0) is 37.1 Å². The van der Waals surface area contributed by atoms with Gasteiger partial charge in [-0.1, -0.05) is 62.4 Å². The van der Waals surface area contributed by atoms with Crippen molar-refractivity contribution in [2.75, 3.05) is 5.32 Å². The third-order valence-corrected chi connectivity index (χ3v) is 7.02. The average Bonchev–Trinajstić information content (AvgIpc) is 2.86. The maximum Gasteiger partial charge on any atom is 0.229 e. The van der Waals surface area contributed by atoms with Crippen molar-refractivity contribution in [1.29, 1.82) is 0 Å². The molecule has 0 aliphatic heterocycles. The van der Waals surface area contributed by atoms with Crippen molar-refractivity contribution in [1.82, 2.24) is 9.97 Å². The lowest BCUT2D eigenvalue weighted by Crippen LogP contribution is -2.21. The highest BCUT2D eigenvalue weighted by Crippen LogP contribution is 2.35. The molecule has 2 aliphatic rings. The molecule has 1 aromatic heterocycles. The predicted molar refractivity (Wildman–Crippen MR) is 130 cm³/mol. The average molecular weight is 460 g/mol. The summed E-state index contributed by atoms with van der Waals surface area (Å²) in [6, 6.07) is 12.0. The van der Waals surface area contributed by atoms with Crippen molar-refractivity contribution < 1.29 is 14.3 Å². The fourth-order valence-corrected chi connectivity index (χ4v) is 5.20. The van der Waals surface area contributed by atoms with Gasteiger partial charge in [-0.3, -0.25) is 4.79 Å². The van der Waals surface area contributed by atoms with Gasteiger partial charge in [-0.2, -0.15) is 0 Å². The van der Waals surface area contributed by atoms with Gasteiger partial charge in [0.25, 0.3) is 0 Å². The number of anilines is 1. The Bertz CT molecular complexity index is 1190. The van der Waals surface area contributed by atoms with E-state index in [2.05, 4.69) is 11.4 Å². The number of aryl methyl sites for hydroxylation is 2. The molecule has 1 fully saturated rings. The normalized spacial score (nSPS) is 15.5. The van der Waals surface area contributed by atoms with Gasteiger partial charge in [0.1, 0.15) is 5.82 Å². The van der Waals surface area contributed by atoms with Crippen molar-refractivity contribution in [2.24, 2.45) is 5.92 Å². The molecule has 6 heteroatoms. The maximum atomic E-state index is 13.2. The molecule has 2 aliphatic carbocycles. The van der Waals surface area contributed by atoms with Crippen LogP contribution < -0.4 is 5.32 Å². The van der Waals surface area contributed by atoms with Crippen LogP contribution in [0.25, 0.3) is 11.3 Å². The first-order chi connectivity index (χ1) is 16.6. The number of aliphatic hydroxyl groups is 1. The summed E-state index contributed by atoms with van der Waals surface area (Å²) in [5, 5.41) is 12.5. The molecule has 0 unspecified atom stereocenters. The Hall–Kier alpha value is -3.12. The van der Waals surface area contributed by atoms with Gasteiger partial charge < -0.3 is 10.4 Å².